The summed E-state index contributed by atoms with van der Waals surface area (Å²) < 4.78 is 11.2. The fourth-order valence-electron chi connectivity index (χ4n) is 4.46. The largest absolute Gasteiger partial charge is 0.486 e. The lowest BCUT2D eigenvalue weighted by Crippen LogP contribution is -2.30. The third-order valence-electron chi connectivity index (χ3n) is 6.28. The molecule has 4 aromatic rings. The summed E-state index contributed by atoms with van der Waals surface area (Å²) in [5.74, 6) is 1.44. The van der Waals surface area contributed by atoms with E-state index in [-0.39, 0.29) is 18.2 Å². The van der Waals surface area contributed by atoms with Gasteiger partial charge in [0.15, 0.2) is 11.5 Å². The molecule has 6 heteroatoms. The summed E-state index contributed by atoms with van der Waals surface area (Å²) in [7, 11) is 4.06. The van der Waals surface area contributed by atoms with Gasteiger partial charge in [-0.2, -0.15) is 0 Å². The summed E-state index contributed by atoms with van der Waals surface area (Å²) in [6, 6.07) is 22.5. The average molecular weight is 456 g/mol. The Morgan fingerprint density at radius 1 is 1.00 bits per heavy atom. The van der Waals surface area contributed by atoms with Crippen LogP contribution in [0.3, 0.4) is 0 Å². The molecule has 0 aliphatic carbocycles. The van der Waals surface area contributed by atoms with Crippen LogP contribution in [-0.2, 0) is 11.2 Å². The van der Waals surface area contributed by atoms with Crippen LogP contribution in [0, 0.1) is 0 Å². The van der Waals surface area contributed by atoms with Gasteiger partial charge in [-0.05, 0) is 47.0 Å². The normalized spacial score (nSPS) is 13.5. The molecule has 1 aliphatic heterocycles. The highest BCUT2D eigenvalue weighted by molar-refractivity contribution is 5.84. The number of aromatic nitrogens is 1. The fraction of sp³-hybridized carbons (Fsp3) is 0.250. The molecule has 34 heavy (non-hydrogen) atoms. The number of benzene rings is 3. The van der Waals surface area contributed by atoms with Crippen molar-refractivity contribution in [2.75, 3.05) is 38.8 Å². The molecule has 0 spiro atoms. The molecule has 1 aromatic heterocycles. The highest BCUT2D eigenvalue weighted by Gasteiger charge is 2.20. The lowest BCUT2D eigenvalue weighted by atomic mass is 9.90. The van der Waals surface area contributed by atoms with Crippen LogP contribution in [0.1, 0.15) is 22.6 Å². The topological polar surface area (TPSA) is 66.6 Å². The summed E-state index contributed by atoms with van der Waals surface area (Å²) >= 11 is 0. The highest BCUT2D eigenvalue weighted by atomic mass is 16.6. The molecule has 2 heterocycles. The standard InChI is InChI=1S/C28H29N3O3/c1-31(2)21-10-8-20(9-11-21)23(24-18-29-25-6-4-3-5-22(24)25)17-30-28(32)16-19-7-12-26-27(15-19)34-14-13-33-26/h3-12,15,18,23,29H,13-14,16-17H2,1-2H3,(H,30,32)/t23-/m1/s1. The maximum atomic E-state index is 12.9. The monoisotopic (exact) mass is 455 g/mol. The van der Waals surface area contributed by atoms with Crippen molar-refractivity contribution >= 4 is 22.5 Å². The van der Waals surface area contributed by atoms with Gasteiger partial charge in [0.2, 0.25) is 5.91 Å². The van der Waals surface area contributed by atoms with Crippen molar-refractivity contribution in [3.05, 3.63) is 89.6 Å². The third kappa shape index (κ3) is 4.57. The summed E-state index contributed by atoms with van der Waals surface area (Å²) in [6.07, 6.45) is 2.35. The molecule has 6 nitrogen and oxygen atoms in total. The lowest BCUT2D eigenvalue weighted by Gasteiger charge is -2.20. The van der Waals surface area contributed by atoms with Gasteiger partial charge in [0.1, 0.15) is 13.2 Å². The van der Waals surface area contributed by atoms with E-state index < -0.39 is 0 Å². The summed E-state index contributed by atoms with van der Waals surface area (Å²) in [5.41, 5.74) is 5.47. The zero-order valence-electron chi connectivity index (χ0n) is 19.5. The van der Waals surface area contributed by atoms with Gasteiger partial charge in [-0.25, -0.2) is 0 Å². The molecule has 1 amide bonds. The zero-order chi connectivity index (χ0) is 23.5. The Hall–Kier alpha value is -3.93. The first-order valence-electron chi connectivity index (χ1n) is 11.6. The quantitative estimate of drug-likeness (QED) is 0.431. The number of ether oxygens (including phenoxy) is 2. The number of H-pyrrole nitrogens is 1. The first-order chi connectivity index (χ1) is 16.6. The number of anilines is 1. The molecular weight excluding hydrogens is 426 g/mol. The van der Waals surface area contributed by atoms with Crippen molar-refractivity contribution in [1.82, 2.24) is 10.3 Å². The first-order valence-corrected chi connectivity index (χ1v) is 11.6. The number of carbonyl (C=O) groups excluding carboxylic acids is 1. The highest BCUT2D eigenvalue weighted by Crippen LogP contribution is 2.32. The summed E-state index contributed by atoms with van der Waals surface area (Å²) in [4.78, 5) is 18.4. The number of nitrogens with zero attached hydrogens (tertiary/aromatic N) is 1. The van der Waals surface area contributed by atoms with Crippen LogP contribution in [0.15, 0.2) is 72.9 Å². The van der Waals surface area contributed by atoms with Gasteiger partial charge in [0, 0.05) is 49.3 Å². The SMILES string of the molecule is CN(C)c1ccc([C@@H](CNC(=O)Cc2ccc3c(c2)OCCO3)c2c[nH]c3ccccc23)cc1. The molecule has 1 atom stereocenters. The third-order valence-corrected chi connectivity index (χ3v) is 6.28. The Kier molecular flexibility index (Phi) is 6.12. The maximum absolute atomic E-state index is 12.9. The molecule has 1 aliphatic rings. The molecule has 3 aromatic carbocycles. The number of para-hydroxylation sites is 1. The van der Waals surface area contributed by atoms with Crippen LogP contribution in [-0.4, -0.2) is 44.7 Å². The van der Waals surface area contributed by atoms with Gasteiger partial charge in [-0.15, -0.1) is 0 Å². The average Bonchev–Trinajstić information content (AvgIpc) is 3.28. The Morgan fingerprint density at radius 2 is 1.76 bits per heavy atom. The molecule has 5 rings (SSSR count). The molecular formula is C28H29N3O3. The Morgan fingerprint density at radius 3 is 2.56 bits per heavy atom. The molecule has 0 bridgehead atoms. The van der Waals surface area contributed by atoms with Crippen molar-refractivity contribution in [1.29, 1.82) is 0 Å². The second-order valence-corrected chi connectivity index (χ2v) is 8.79. The van der Waals surface area contributed by atoms with E-state index in [1.807, 2.05) is 44.4 Å². The molecule has 0 radical (unpaired) electrons. The molecule has 0 saturated carbocycles. The fourth-order valence-corrected chi connectivity index (χ4v) is 4.46. The van der Waals surface area contributed by atoms with E-state index in [2.05, 4.69) is 57.8 Å². The Balaban J connectivity index is 1.36. The molecule has 0 fully saturated rings. The summed E-state index contributed by atoms with van der Waals surface area (Å²) in [5, 5.41) is 4.34. The van der Waals surface area contributed by atoms with Gasteiger partial charge < -0.3 is 24.7 Å². The number of amides is 1. The first kappa shape index (κ1) is 21.9. The van der Waals surface area contributed by atoms with Crippen molar-refractivity contribution in [2.24, 2.45) is 0 Å². The molecule has 2 N–H and O–H groups in total. The number of carbonyl (C=O) groups is 1. The van der Waals surface area contributed by atoms with E-state index in [1.54, 1.807) is 0 Å². The van der Waals surface area contributed by atoms with Crippen LogP contribution >= 0.6 is 0 Å². The maximum Gasteiger partial charge on any atom is 0.224 e. The van der Waals surface area contributed by atoms with E-state index >= 15 is 0 Å². The number of hydrogen-bond acceptors (Lipinski definition) is 4. The van der Waals surface area contributed by atoms with Crippen molar-refractivity contribution in [3.8, 4) is 11.5 Å². The van der Waals surface area contributed by atoms with Crippen LogP contribution in [0.2, 0.25) is 0 Å². The molecule has 174 valence electrons. The summed E-state index contributed by atoms with van der Waals surface area (Å²) in [6.45, 7) is 1.59. The van der Waals surface area contributed by atoms with E-state index in [0.29, 0.717) is 25.5 Å². The van der Waals surface area contributed by atoms with Crippen molar-refractivity contribution in [3.63, 3.8) is 0 Å². The number of hydrogen-bond donors (Lipinski definition) is 2. The minimum absolute atomic E-state index is 0.0218. The van der Waals surface area contributed by atoms with Crippen LogP contribution in [0.25, 0.3) is 10.9 Å². The lowest BCUT2D eigenvalue weighted by molar-refractivity contribution is -0.120. The van der Waals surface area contributed by atoms with Gasteiger partial charge in [-0.1, -0.05) is 36.4 Å². The second kappa shape index (κ2) is 9.51. The minimum Gasteiger partial charge on any atom is -0.486 e. The van der Waals surface area contributed by atoms with Gasteiger partial charge in [-0.3, -0.25) is 4.79 Å². The molecule has 0 unspecified atom stereocenters. The second-order valence-electron chi connectivity index (χ2n) is 8.79. The van der Waals surface area contributed by atoms with Crippen LogP contribution in [0.4, 0.5) is 5.69 Å². The van der Waals surface area contributed by atoms with E-state index in [4.69, 9.17) is 9.47 Å². The van der Waals surface area contributed by atoms with Crippen molar-refractivity contribution in [2.45, 2.75) is 12.3 Å². The van der Waals surface area contributed by atoms with Gasteiger partial charge >= 0.3 is 0 Å². The van der Waals surface area contributed by atoms with E-state index in [9.17, 15) is 4.79 Å². The van der Waals surface area contributed by atoms with Crippen LogP contribution < -0.4 is 19.7 Å². The zero-order valence-corrected chi connectivity index (χ0v) is 19.5. The molecule has 0 saturated heterocycles. The van der Waals surface area contributed by atoms with Crippen LogP contribution in [0.5, 0.6) is 11.5 Å². The number of aromatic amines is 1. The Labute approximate surface area is 199 Å². The predicted molar refractivity (Wildman–Crippen MR) is 135 cm³/mol. The number of nitrogens with one attached hydrogen (secondary N) is 2. The number of rotatable bonds is 7. The van der Waals surface area contributed by atoms with Gasteiger partial charge in [0.25, 0.3) is 0 Å². The van der Waals surface area contributed by atoms with Gasteiger partial charge in [0.05, 0.1) is 6.42 Å². The number of fused-ring (bicyclic) bond motifs is 2. The van der Waals surface area contributed by atoms with E-state index in [1.165, 1.54) is 10.9 Å². The van der Waals surface area contributed by atoms with Crippen molar-refractivity contribution < 1.29 is 14.3 Å². The predicted octanol–water partition coefficient (Wildman–Crippen LogP) is 4.50. The minimum atomic E-state index is -0.0218. The Bertz CT molecular complexity index is 1290. The van der Waals surface area contributed by atoms with E-state index in [0.717, 1.165) is 28.1 Å². The smallest absolute Gasteiger partial charge is 0.224 e.